The first kappa shape index (κ1) is 12.4. The van der Waals surface area contributed by atoms with Gasteiger partial charge in [-0.05, 0) is 46.5 Å². The van der Waals surface area contributed by atoms with Crippen LogP contribution in [0.15, 0.2) is 22.7 Å². The van der Waals surface area contributed by atoms with E-state index in [0.29, 0.717) is 11.5 Å². The van der Waals surface area contributed by atoms with Gasteiger partial charge < -0.3 is 10.0 Å². The molecule has 1 N–H and O–H groups in total. The van der Waals surface area contributed by atoms with E-state index in [2.05, 4.69) is 33.8 Å². The van der Waals surface area contributed by atoms with Crippen molar-refractivity contribution in [1.82, 2.24) is 0 Å². The molecule has 1 aromatic rings. The number of aliphatic hydroxyl groups excluding tert-OH is 1. The molecule has 1 aromatic carbocycles. The maximum Gasteiger partial charge on any atom is 0.100 e. The Hall–Kier alpha value is -1.05. The van der Waals surface area contributed by atoms with E-state index in [1.165, 1.54) is 0 Å². The van der Waals surface area contributed by atoms with E-state index in [-0.39, 0.29) is 12.6 Å². The smallest absolute Gasteiger partial charge is 0.100 e. The highest BCUT2D eigenvalue weighted by Crippen LogP contribution is 2.31. The number of halogens is 1. The molecule has 0 bridgehead atoms. The number of nitriles is 1. The van der Waals surface area contributed by atoms with Gasteiger partial charge in [0.1, 0.15) is 6.07 Å². The van der Waals surface area contributed by atoms with Gasteiger partial charge >= 0.3 is 0 Å². The van der Waals surface area contributed by atoms with Crippen LogP contribution in [0.5, 0.6) is 0 Å². The van der Waals surface area contributed by atoms with Gasteiger partial charge in [0.05, 0.1) is 18.2 Å². The van der Waals surface area contributed by atoms with Crippen LogP contribution in [0.4, 0.5) is 5.69 Å². The summed E-state index contributed by atoms with van der Waals surface area (Å²) in [5.41, 5.74) is 1.71. The first-order valence-electron chi connectivity index (χ1n) is 5.74. The van der Waals surface area contributed by atoms with Crippen molar-refractivity contribution in [1.29, 1.82) is 5.26 Å². The summed E-state index contributed by atoms with van der Waals surface area (Å²) in [5.74, 6) is 0.509. The topological polar surface area (TPSA) is 47.3 Å². The predicted molar refractivity (Wildman–Crippen MR) is 70.9 cm³/mol. The highest BCUT2D eigenvalue weighted by atomic mass is 79.9. The Labute approximate surface area is 110 Å². The summed E-state index contributed by atoms with van der Waals surface area (Å²) in [6.07, 6.45) is 1.10. The minimum absolute atomic E-state index is 0.179. The van der Waals surface area contributed by atoms with Gasteiger partial charge in [-0.25, -0.2) is 0 Å². The molecule has 3 nitrogen and oxygen atoms in total. The van der Waals surface area contributed by atoms with Crippen LogP contribution in [0.1, 0.15) is 18.9 Å². The van der Waals surface area contributed by atoms with Gasteiger partial charge in [-0.3, -0.25) is 0 Å². The van der Waals surface area contributed by atoms with Crippen molar-refractivity contribution in [3.8, 4) is 6.07 Å². The molecule has 1 heterocycles. The zero-order valence-electron chi connectivity index (χ0n) is 9.73. The van der Waals surface area contributed by atoms with Gasteiger partial charge in [0.25, 0.3) is 0 Å². The zero-order chi connectivity index (χ0) is 12.4. The normalized spacial score (nSPS) is 23.8. The van der Waals surface area contributed by atoms with Crippen molar-refractivity contribution >= 4 is 21.6 Å². The fourth-order valence-electron chi connectivity index (χ4n) is 2.38. The number of hydrogen-bond donors (Lipinski definition) is 1. The lowest BCUT2D eigenvalue weighted by Crippen LogP contribution is -2.35. The SMILES string of the molecule is CC1CCN(c2ccc(C#N)c(Br)c2)C1CO. The largest absolute Gasteiger partial charge is 0.394 e. The Kier molecular flexibility index (Phi) is 3.70. The number of aliphatic hydroxyl groups is 1. The molecule has 0 saturated carbocycles. The third-order valence-corrected chi connectivity index (χ3v) is 4.13. The number of benzene rings is 1. The number of rotatable bonds is 2. The van der Waals surface area contributed by atoms with Crippen LogP contribution in [0.2, 0.25) is 0 Å². The van der Waals surface area contributed by atoms with E-state index in [4.69, 9.17) is 5.26 Å². The Bertz CT molecular complexity index is 455. The molecule has 0 spiro atoms. The van der Waals surface area contributed by atoms with Crippen LogP contribution in [-0.2, 0) is 0 Å². The highest BCUT2D eigenvalue weighted by Gasteiger charge is 2.30. The summed E-state index contributed by atoms with van der Waals surface area (Å²) in [4.78, 5) is 2.22. The fraction of sp³-hybridized carbons (Fsp3) is 0.462. The van der Waals surface area contributed by atoms with E-state index in [1.54, 1.807) is 0 Å². The summed E-state index contributed by atoms with van der Waals surface area (Å²) in [6.45, 7) is 3.31. The Morgan fingerprint density at radius 2 is 2.35 bits per heavy atom. The second kappa shape index (κ2) is 5.07. The third-order valence-electron chi connectivity index (χ3n) is 3.47. The van der Waals surface area contributed by atoms with Crippen molar-refractivity contribution in [3.63, 3.8) is 0 Å². The molecule has 0 aromatic heterocycles. The second-order valence-electron chi connectivity index (χ2n) is 4.49. The Morgan fingerprint density at radius 3 is 2.94 bits per heavy atom. The average Bonchev–Trinajstić information content (AvgIpc) is 2.70. The van der Waals surface area contributed by atoms with E-state index in [0.717, 1.165) is 23.1 Å². The molecule has 1 saturated heterocycles. The quantitative estimate of drug-likeness (QED) is 0.912. The molecule has 1 fully saturated rings. The number of anilines is 1. The summed E-state index contributed by atoms with van der Waals surface area (Å²) in [6, 6.07) is 8.04. The minimum Gasteiger partial charge on any atom is -0.394 e. The number of nitrogens with zero attached hydrogens (tertiary/aromatic N) is 2. The fourth-order valence-corrected chi connectivity index (χ4v) is 2.84. The first-order chi connectivity index (χ1) is 8.17. The molecule has 2 unspecified atom stereocenters. The van der Waals surface area contributed by atoms with E-state index < -0.39 is 0 Å². The third kappa shape index (κ3) is 2.31. The van der Waals surface area contributed by atoms with Gasteiger partial charge in [0.15, 0.2) is 0 Å². The van der Waals surface area contributed by atoms with Crippen LogP contribution in [0.25, 0.3) is 0 Å². The molecule has 90 valence electrons. The van der Waals surface area contributed by atoms with Gasteiger partial charge in [-0.15, -0.1) is 0 Å². The molecule has 0 aliphatic carbocycles. The van der Waals surface area contributed by atoms with Gasteiger partial charge in [-0.2, -0.15) is 5.26 Å². The molecule has 0 amide bonds. The maximum absolute atomic E-state index is 9.43. The predicted octanol–water partition coefficient (Wildman–Crippen LogP) is 2.53. The Morgan fingerprint density at radius 1 is 1.59 bits per heavy atom. The van der Waals surface area contributed by atoms with E-state index in [1.807, 2.05) is 18.2 Å². The van der Waals surface area contributed by atoms with Crippen LogP contribution >= 0.6 is 15.9 Å². The summed E-state index contributed by atoms with van der Waals surface area (Å²) < 4.78 is 0.814. The second-order valence-corrected chi connectivity index (χ2v) is 5.34. The monoisotopic (exact) mass is 294 g/mol. The van der Waals surface area contributed by atoms with Crippen molar-refractivity contribution in [2.75, 3.05) is 18.1 Å². The molecular formula is C13H15BrN2O. The van der Waals surface area contributed by atoms with Crippen LogP contribution < -0.4 is 4.90 Å². The lowest BCUT2D eigenvalue weighted by atomic mass is 10.0. The summed E-state index contributed by atoms with van der Waals surface area (Å²) in [5, 5.41) is 18.3. The first-order valence-corrected chi connectivity index (χ1v) is 6.54. The Balaban J connectivity index is 2.29. The molecule has 17 heavy (non-hydrogen) atoms. The van der Waals surface area contributed by atoms with E-state index in [9.17, 15) is 5.11 Å². The average molecular weight is 295 g/mol. The standard InChI is InChI=1S/C13H15BrN2O/c1-9-4-5-16(13(9)8-17)11-3-2-10(7-15)12(14)6-11/h2-3,6,9,13,17H,4-5,8H2,1H3. The summed E-state index contributed by atoms with van der Waals surface area (Å²) >= 11 is 3.40. The molecule has 2 rings (SSSR count). The van der Waals surface area contributed by atoms with Gasteiger partial charge in [0.2, 0.25) is 0 Å². The lowest BCUT2D eigenvalue weighted by molar-refractivity contribution is 0.245. The molecule has 4 heteroatoms. The van der Waals surface area contributed by atoms with Gasteiger partial charge in [-0.1, -0.05) is 6.92 Å². The highest BCUT2D eigenvalue weighted by molar-refractivity contribution is 9.10. The van der Waals surface area contributed by atoms with Crippen molar-refractivity contribution in [3.05, 3.63) is 28.2 Å². The van der Waals surface area contributed by atoms with Crippen molar-refractivity contribution < 1.29 is 5.11 Å². The van der Waals surface area contributed by atoms with Crippen LogP contribution in [-0.4, -0.2) is 24.3 Å². The van der Waals surface area contributed by atoms with Crippen molar-refractivity contribution in [2.45, 2.75) is 19.4 Å². The molecule has 1 aliphatic heterocycles. The molecule has 1 aliphatic rings. The molecular weight excluding hydrogens is 280 g/mol. The number of hydrogen-bond acceptors (Lipinski definition) is 3. The van der Waals surface area contributed by atoms with Crippen LogP contribution in [0, 0.1) is 17.2 Å². The minimum atomic E-state index is 0.179. The van der Waals surface area contributed by atoms with Crippen molar-refractivity contribution in [2.24, 2.45) is 5.92 Å². The van der Waals surface area contributed by atoms with E-state index >= 15 is 0 Å². The van der Waals surface area contributed by atoms with Crippen LogP contribution in [0.3, 0.4) is 0 Å². The lowest BCUT2D eigenvalue weighted by Gasteiger charge is -2.27. The molecule has 0 radical (unpaired) electrons. The van der Waals surface area contributed by atoms with Gasteiger partial charge in [0, 0.05) is 16.7 Å². The maximum atomic E-state index is 9.43. The zero-order valence-corrected chi connectivity index (χ0v) is 11.3. The molecule has 2 atom stereocenters. The summed E-state index contributed by atoms with van der Waals surface area (Å²) in [7, 11) is 0.